The number of carbonyl (C=O) groups excluding carboxylic acids is 4. The van der Waals surface area contributed by atoms with Crippen LogP contribution in [0.15, 0.2) is 42.5 Å². The summed E-state index contributed by atoms with van der Waals surface area (Å²) in [6.45, 7) is 3.91. The van der Waals surface area contributed by atoms with Gasteiger partial charge in [-0.15, -0.1) is 12.4 Å². The number of benzene rings is 2. The van der Waals surface area contributed by atoms with Crippen molar-refractivity contribution in [2.75, 3.05) is 12.0 Å². The summed E-state index contributed by atoms with van der Waals surface area (Å²) in [5.74, 6) is -2.50. The van der Waals surface area contributed by atoms with Crippen LogP contribution in [0.3, 0.4) is 0 Å². The van der Waals surface area contributed by atoms with Gasteiger partial charge in [0.1, 0.15) is 11.6 Å². The molecule has 0 aromatic heterocycles. The van der Waals surface area contributed by atoms with Gasteiger partial charge in [0, 0.05) is 25.6 Å². The first-order valence-electron chi connectivity index (χ1n) is 10.3. The number of hydrogen-bond acceptors (Lipinski definition) is 8. The topological polar surface area (TPSA) is 125 Å². The van der Waals surface area contributed by atoms with E-state index in [2.05, 4.69) is 0 Å². The molecule has 1 aliphatic rings. The number of methoxy groups -OCH3 is 1. The summed E-state index contributed by atoms with van der Waals surface area (Å²) in [6.07, 6.45) is 0.601. The summed E-state index contributed by atoms with van der Waals surface area (Å²) in [4.78, 5) is 50.5. The van der Waals surface area contributed by atoms with E-state index in [9.17, 15) is 19.2 Å². The minimum Gasteiger partial charge on any atom is -0.467 e. The van der Waals surface area contributed by atoms with Gasteiger partial charge in [0.2, 0.25) is 5.91 Å². The highest BCUT2D eigenvalue weighted by Gasteiger charge is 2.45. The Hall–Kier alpha value is -3.43. The molecule has 0 aliphatic heterocycles. The van der Waals surface area contributed by atoms with Crippen molar-refractivity contribution in [1.82, 2.24) is 0 Å². The second kappa shape index (κ2) is 10.7. The summed E-state index contributed by atoms with van der Waals surface area (Å²) < 4.78 is 15.1. The highest BCUT2D eigenvalue weighted by Crippen LogP contribution is 2.36. The predicted octanol–water partition coefficient (Wildman–Crippen LogP) is 2.35. The molecule has 9 nitrogen and oxygen atoms in total. The van der Waals surface area contributed by atoms with Gasteiger partial charge < -0.3 is 19.9 Å². The fraction of sp³-hybridized carbons (Fsp3) is 0.333. The number of amides is 1. The van der Waals surface area contributed by atoms with Gasteiger partial charge in [0.05, 0.1) is 7.11 Å². The van der Waals surface area contributed by atoms with Crippen LogP contribution >= 0.6 is 12.4 Å². The molecule has 1 atom stereocenters. The number of nitrogens with two attached hydrogens (primary N) is 1. The van der Waals surface area contributed by atoms with Crippen molar-refractivity contribution in [2.45, 2.75) is 45.2 Å². The van der Waals surface area contributed by atoms with E-state index in [1.807, 2.05) is 24.3 Å². The molecule has 3 rings (SSSR count). The highest BCUT2D eigenvalue weighted by molar-refractivity contribution is 6.05. The van der Waals surface area contributed by atoms with E-state index in [4.69, 9.17) is 19.9 Å². The van der Waals surface area contributed by atoms with Crippen LogP contribution in [0.2, 0.25) is 0 Å². The number of esters is 3. The molecule has 1 unspecified atom stereocenters. The third-order valence-corrected chi connectivity index (χ3v) is 5.42. The number of nitrogens with zero attached hydrogens (tertiary/aromatic N) is 1. The molecule has 0 bridgehead atoms. The van der Waals surface area contributed by atoms with E-state index in [0.29, 0.717) is 12.8 Å². The van der Waals surface area contributed by atoms with E-state index >= 15 is 0 Å². The largest absolute Gasteiger partial charge is 0.467 e. The van der Waals surface area contributed by atoms with Gasteiger partial charge in [0.15, 0.2) is 11.5 Å². The molecule has 0 fully saturated rings. The summed E-state index contributed by atoms with van der Waals surface area (Å²) >= 11 is 0. The fourth-order valence-corrected chi connectivity index (χ4v) is 3.95. The van der Waals surface area contributed by atoms with Crippen molar-refractivity contribution in [3.05, 3.63) is 53.6 Å². The second-order valence-corrected chi connectivity index (χ2v) is 7.97. The Balaban J connectivity index is 0.00000408. The zero-order valence-electron chi connectivity index (χ0n) is 19.3. The molecule has 0 saturated carbocycles. The maximum Gasteiger partial charge on any atom is 0.328 e. The van der Waals surface area contributed by atoms with Crippen LogP contribution in [-0.4, -0.2) is 42.5 Å². The average Bonchev–Trinajstić information content (AvgIpc) is 3.11. The Morgan fingerprint density at radius 2 is 1.47 bits per heavy atom. The molecule has 0 radical (unpaired) electrons. The summed E-state index contributed by atoms with van der Waals surface area (Å²) in [5, 5.41) is 0. The number of rotatable bonds is 6. The molecule has 1 aliphatic carbocycles. The van der Waals surface area contributed by atoms with Crippen LogP contribution in [0.1, 0.15) is 31.9 Å². The normalized spacial score (nSPS) is 14.1. The van der Waals surface area contributed by atoms with Gasteiger partial charge in [-0.25, -0.2) is 4.79 Å². The van der Waals surface area contributed by atoms with Gasteiger partial charge in [-0.2, -0.15) is 0 Å². The summed E-state index contributed by atoms with van der Waals surface area (Å²) in [6, 6.07) is 10.8. The molecule has 0 spiro atoms. The van der Waals surface area contributed by atoms with Gasteiger partial charge in [-0.05, 0) is 43.0 Å². The number of ether oxygens (including phenoxy) is 3. The number of carbonyl (C=O) groups is 4. The molecule has 2 aromatic carbocycles. The van der Waals surface area contributed by atoms with Crippen molar-refractivity contribution in [2.24, 2.45) is 5.73 Å². The van der Waals surface area contributed by atoms with Crippen LogP contribution in [0, 0.1) is 0 Å². The molecular formula is C24H27ClN2O7. The molecule has 0 heterocycles. The first-order valence-corrected chi connectivity index (χ1v) is 10.3. The third kappa shape index (κ3) is 5.55. The van der Waals surface area contributed by atoms with Crippen molar-refractivity contribution < 1.29 is 33.4 Å². The number of fused-ring (bicyclic) bond motifs is 1. The zero-order chi connectivity index (χ0) is 24.3. The molecule has 10 heteroatoms. The first-order chi connectivity index (χ1) is 15.6. The lowest BCUT2D eigenvalue weighted by Gasteiger charge is -2.34. The van der Waals surface area contributed by atoms with E-state index < -0.39 is 35.4 Å². The van der Waals surface area contributed by atoms with Crippen LogP contribution < -0.4 is 20.1 Å². The van der Waals surface area contributed by atoms with Crippen molar-refractivity contribution >= 4 is 41.9 Å². The molecule has 1 amide bonds. The molecule has 2 N–H and O–H groups in total. The van der Waals surface area contributed by atoms with Crippen LogP contribution in [0.5, 0.6) is 11.5 Å². The Morgan fingerprint density at radius 3 is 1.97 bits per heavy atom. The van der Waals surface area contributed by atoms with Gasteiger partial charge in [-0.1, -0.05) is 24.3 Å². The van der Waals surface area contributed by atoms with Crippen molar-refractivity contribution in [3.8, 4) is 11.5 Å². The Kier molecular flexibility index (Phi) is 8.41. The average molecular weight is 491 g/mol. The van der Waals surface area contributed by atoms with Crippen LogP contribution in [-0.2, 0) is 36.8 Å². The second-order valence-electron chi connectivity index (χ2n) is 7.97. The molecule has 182 valence electrons. The molecule has 0 saturated heterocycles. The number of hydrogen-bond donors (Lipinski definition) is 1. The van der Waals surface area contributed by atoms with Crippen molar-refractivity contribution in [1.29, 1.82) is 0 Å². The Morgan fingerprint density at radius 1 is 0.941 bits per heavy atom. The number of halogens is 1. The smallest absolute Gasteiger partial charge is 0.328 e. The monoisotopic (exact) mass is 490 g/mol. The van der Waals surface area contributed by atoms with Gasteiger partial charge >= 0.3 is 17.9 Å². The summed E-state index contributed by atoms with van der Waals surface area (Å²) in [5.41, 5.74) is 7.45. The van der Waals surface area contributed by atoms with Crippen molar-refractivity contribution in [3.63, 3.8) is 0 Å². The minimum atomic E-state index is -1.29. The molecule has 2 aromatic rings. The van der Waals surface area contributed by atoms with E-state index in [0.717, 1.165) is 11.1 Å². The zero-order valence-corrected chi connectivity index (χ0v) is 20.1. The van der Waals surface area contributed by atoms with Crippen LogP contribution in [0.4, 0.5) is 5.69 Å². The Bertz CT molecular complexity index is 1090. The highest BCUT2D eigenvalue weighted by atomic mass is 35.5. The molecular weight excluding hydrogens is 464 g/mol. The molecule has 34 heavy (non-hydrogen) atoms. The van der Waals surface area contributed by atoms with Crippen LogP contribution in [0.25, 0.3) is 0 Å². The lowest BCUT2D eigenvalue weighted by atomic mass is 9.94. The lowest BCUT2D eigenvalue weighted by Crippen LogP contribution is -2.59. The first kappa shape index (κ1) is 26.8. The van der Waals surface area contributed by atoms with Gasteiger partial charge in [-0.3, -0.25) is 19.3 Å². The van der Waals surface area contributed by atoms with E-state index in [1.54, 1.807) is 0 Å². The standard InChI is InChI=1S/C24H26N2O7.ClH/c1-14(22(29)31-4)26(23(30)24(25)12-17-7-5-6-8-18(17)13-24)19-9-10-20(32-15(2)27)21(11-19)33-16(3)28;/h5-11,14H,12-13,25H2,1-4H3;1H. The quantitative estimate of drug-likeness (QED) is 0.483. The predicted molar refractivity (Wildman–Crippen MR) is 126 cm³/mol. The van der Waals surface area contributed by atoms with E-state index in [1.165, 1.54) is 51.0 Å². The maximum atomic E-state index is 13.8. The number of anilines is 1. The third-order valence-electron chi connectivity index (χ3n) is 5.42. The SMILES string of the molecule is COC(=O)C(C)N(C(=O)C1(N)Cc2ccccc2C1)c1ccc(OC(C)=O)c(OC(C)=O)c1.Cl. The minimum absolute atomic E-state index is 0. The lowest BCUT2D eigenvalue weighted by molar-refractivity contribution is -0.143. The Labute approximate surface area is 203 Å². The summed E-state index contributed by atoms with van der Waals surface area (Å²) in [7, 11) is 1.22. The fourth-order valence-electron chi connectivity index (χ4n) is 3.95. The van der Waals surface area contributed by atoms with E-state index in [-0.39, 0.29) is 29.6 Å². The van der Waals surface area contributed by atoms with Gasteiger partial charge in [0.25, 0.3) is 0 Å². The maximum absolute atomic E-state index is 13.8.